The van der Waals surface area contributed by atoms with E-state index in [1.54, 1.807) is 40.7 Å². The van der Waals surface area contributed by atoms with Gasteiger partial charge in [-0.25, -0.2) is 14.6 Å². The average molecular weight is 644 g/mol. The van der Waals surface area contributed by atoms with Crippen molar-refractivity contribution in [3.63, 3.8) is 0 Å². The quantitative estimate of drug-likeness (QED) is 0.191. The standard InChI is InChI=1S/C36H45N5O6/c1-24(2)32(39-34(44)46-6)33(43)38-30(20-25-12-8-7-9-13-25)31(42)23-41(40-35(45)47-36(3,4)5)22-26-16-18-27(19-17-26)29-15-11-10-14-28(29)21-37/h7-19,24,30-32,42H,20,22-23H2,1-6H3,(H,38,43)(H,39,44)(H,40,45)/t30-,31-,32-/m0/s1. The molecule has 0 spiro atoms. The number of ether oxygens (including phenoxy) is 2. The molecule has 0 unspecified atom stereocenters. The smallest absolute Gasteiger partial charge is 0.422 e. The molecule has 3 amide bonds. The summed E-state index contributed by atoms with van der Waals surface area (Å²) in [6.07, 6.45) is -2.32. The molecule has 0 aromatic heterocycles. The summed E-state index contributed by atoms with van der Waals surface area (Å²) in [7, 11) is 1.22. The molecule has 0 saturated carbocycles. The Hall–Kier alpha value is -4.92. The molecule has 3 aromatic carbocycles. The molecule has 47 heavy (non-hydrogen) atoms. The third-order valence-corrected chi connectivity index (χ3v) is 7.24. The molecule has 250 valence electrons. The molecule has 11 heteroatoms. The number of hydrogen-bond acceptors (Lipinski definition) is 8. The second-order valence-corrected chi connectivity index (χ2v) is 12.6. The Kier molecular flexibility index (Phi) is 13.3. The molecule has 4 N–H and O–H groups in total. The van der Waals surface area contributed by atoms with Gasteiger partial charge in [-0.3, -0.25) is 10.2 Å². The number of methoxy groups -OCH3 is 1. The zero-order valence-electron chi connectivity index (χ0n) is 27.8. The van der Waals surface area contributed by atoms with Crippen molar-refractivity contribution in [2.75, 3.05) is 13.7 Å². The van der Waals surface area contributed by atoms with Crippen molar-refractivity contribution in [1.29, 1.82) is 5.26 Å². The maximum atomic E-state index is 13.4. The third kappa shape index (κ3) is 11.7. The van der Waals surface area contributed by atoms with Crippen molar-refractivity contribution in [3.8, 4) is 17.2 Å². The van der Waals surface area contributed by atoms with Gasteiger partial charge in [0.1, 0.15) is 11.6 Å². The fraction of sp³-hybridized carbons (Fsp3) is 0.389. The van der Waals surface area contributed by atoms with Crippen LogP contribution in [0.2, 0.25) is 0 Å². The summed E-state index contributed by atoms with van der Waals surface area (Å²) in [5, 5.41) is 28.2. The van der Waals surface area contributed by atoms with Gasteiger partial charge < -0.3 is 25.2 Å². The maximum Gasteiger partial charge on any atom is 0.422 e. The number of benzene rings is 3. The highest BCUT2D eigenvalue weighted by Crippen LogP contribution is 2.24. The van der Waals surface area contributed by atoms with E-state index in [4.69, 9.17) is 9.47 Å². The van der Waals surface area contributed by atoms with Gasteiger partial charge in [-0.2, -0.15) is 5.26 Å². The monoisotopic (exact) mass is 643 g/mol. The average Bonchev–Trinajstić information content (AvgIpc) is 3.02. The highest BCUT2D eigenvalue weighted by molar-refractivity contribution is 5.86. The molecule has 0 bridgehead atoms. The zero-order valence-corrected chi connectivity index (χ0v) is 27.8. The molecule has 0 aliphatic heterocycles. The van der Waals surface area contributed by atoms with E-state index >= 15 is 0 Å². The summed E-state index contributed by atoms with van der Waals surface area (Å²) in [5.41, 5.74) is 5.91. The lowest BCUT2D eigenvalue weighted by atomic mass is 9.98. The number of amides is 3. The number of carbonyl (C=O) groups is 3. The van der Waals surface area contributed by atoms with Gasteiger partial charge >= 0.3 is 12.2 Å². The largest absolute Gasteiger partial charge is 0.453 e. The van der Waals surface area contributed by atoms with Crippen LogP contribution < -0.4 is 16.1 Å². The van der Waals surface area contributed by atoms with Crippen LogP contribution in [0, 0.1) is 17.2 Å². The number of rotatable bonds is 13. The molecule has 11 nitrogen and oxygen atoms in total. The van der Waals surface area contributed by atoms with Crippen LogP contribution in [0.15, 0.2) is 78.9 Å². The van der Waals surface area contributed by atoms with Crippen LogP contribution in [0.4, 0.5) is 9.59 Å². The normalized spacial score (nSPS) is 13.2. The lowest BCUT2D eigenvalue weighted by Gasteiger charge is -2.32. The van der Waals surface area contributed by atoms with Crippen LogP contribution in [0.5, 0.6) is 0 Å². The minimum Gasteiger partial charge on any atom is -0.453 e. The number of carbonyl (C=O) groups excluding carboxylic acids is 3. The predicted octanol–water partition coefficient (Wildman–Crippen LogP) is 4.94. The molecule has 3 aromatic rings. The molecule has 0 fully saturated rings. The van der Waals surface area contributed by atoms with Crippen LogP contribution in [-0.4, -0.2) is 65.7 Å². The number of nitriles is 1. The van der Waals surface area contributed by atoms with Crippen molar-refractivity contribution in [1.82, 2.24) is 21.1 Å². The first-order valence-corrected chi connectivity index (χ1v) is 15.5. The van der Waals surface area contributed by atoms with Gasteiger partial charge in [0.2, 0.25) is 5.91 Å². The molecule has 0 aliphatic carbocycles. The van der Waals surface area contributed by atoms with Crippen molar-refractivity contribution in [3.05, 3.63) is 95.6 Å². The van der Waals surface area contributed by atoms with E-state index in [2.05, 4.69) is 22.1 Å². The Bertz CT molecular complexity index is 1520. The third-order valence-electron chi connectivity index (χ3n) is 7.24. The van der Waals surface area contributed by atoms with Gasteiger partial charge in [0, 0.05) is 13.1 Å². The molecular formula is C36H45N5O6. The number of hydrogen-bond donors (Lipinski definition) is 4. The molecule has 0 aliphatic rings. The molecule has 0 radical (unpaired) electrons. The fourth-order valence-electron chi connectivity index (χ4n) is 4.92. The van der Waals surface area contributed by atoms with Crippen molar-refractivity contribution < 1.29 is 29.0 Å². The number of hydrazine groups is 1. The molecular weight excluding hydrogens is 598 g/mol. The summed E-state index contributed by atoms with van der Waals surface area (Å²) < 4.78 is 10.2. The first kappa shape index (κ1) is 36.5. The Balaban J connectivity index is 1.87. The maximum absolute atomic E-state index is 13.4. The van der Waals surface area contributed by atoms with Crippen LogP contribution >= 0.6 is 0 Å². The fourth-order valence-corrected chi connectivity index (χ4v) is 4.92. The summed E-state index contributed by atoms with van der Waals surface area (Å²) >= 11 is 0. The number of aliphatic hydroxyl groups is 1. The van der Waals surface area contributed by atoms with Gasteiger partial charge in [-0.15, -0.1) is 0 Å². The van der Waals surface area contributed by atoms with Gasteiger partial charge in [-0.05, 0) is 61.4 Å². The van der Waals surface area contributed by atoms with Crippen molar-refractivity contribution in [2.45, 2.75) is 71.4 Å². The van der Waals surface area contributed by atoms with E-state index in [0.717, 1.165) is 22.3 Å². The van der Waals surface area contributed by atoms with Gasteiger partial charge in [0.05, 0.1) is 30.9 Å². The SMILES string of the molecule is COC(=O)N[C@H](C(=O)N[C@@H](Cc1ccccc1)[C@@H](O)CN(Cc1ccc(-c2ccccc2C#N)cc1)NC(=O)OC(C)(C)C)C(C)C. The lowest BCUT2D eigenvalue weighted by Crippen LogP contribution is -2.57. The molecule has 0 saturated heterocycles. The van der Waals surface area contributed by atoms with E-state index < -0.39 is 41.9 Å². The van der Waals surface area contributed by atoms with Crippen LogP contribution in [0.25, 0.3) is 11.1 Å². The predicted molar refractivity (Wildman–Crippen MR) is 179 cm³/mol. The second kappa shape index (κ2) is 17.1. The summed E-state index contributed by atoms with van der Waals surface area (Å²) in [6, 6.07) is 24.8. The topological polar surface area (TPSA) is 153 Å². The van der Waals surface area contributed by atoms with E-state index in [9.17, 15) is 24.8 Å². The number of nitrogens with one attached hydrogen (secondary N) is 3. The van der Waals surface area contributed by atoms with E-state index in [1.165, 1.54) is 12.1 Å². The Morgan fingerprint density at radius 1 is 0.894 bits per heavy atom. The molecule has 3 atom stereocenters. The van der Waals surface area contributed by atoms with E-state index in [-0.39, 0.29) is 25.4 Å². The van der Waals surface area contributed by atoms with E-state index in [0.29, 0.717) is 5.56 Å². The molecule has 3 rings (SSSR count). The highest BCUT2D eigenvalue weighted by atomic mass is 16.6. The lowest BCUT2D eigenvalue weighted by molar-refractivity contribution is -0.125. The van der Waals surface area contributed by atoms with Crippen molar-refractivity contribution >= 4 is 18.1 Å². The first-order chi connectivity index (χ1) is 22.3. The van der Waals surface area contributed by atoms with Crippen LogP contribution in [0.1, 0.15) is 51.3 Å². The van der Waals surface area contributed by atoms with Crippen LogP contribution in [-0.2, 0) is 27.2 Å². The second-order valence-electron chi connectivity index (χ2n) is 12.6. The van der Waals surface area contributed by atoms with Gasteiger partial charge in [0.25, 0.3) is 0 Å². The minimum absolute atomic E-state index is 0.0766. The molecule has 0 heterocycles. The highest BCUT2D eigenvalue weighted by Gasteiger charge is 2.31. The first-order valence-electron chi connectivity index (χ1n) is 15.5. The minimum atomic E-state index is -1.16. The van der Waals surface area contributed by atoms with Crippen LogP contribution in [0.3, 0.4) is 0 Å². The summed E-state index contributed by atoms with van der Waals surface area (Å²) in [6.45, 7) is 8.96. The van der Waals surface area contributed by atoms with Gasteiger partial charge in [-0.1, -0.05) is 86.6 Å². The number of alkyl carbamates (subject to hydrolysis) is 1. The summed E-state index contributed by atoms with van der Waals surface area (Å²) in [5.74, 6) is -0.748. The Morgan fingerprint density at radius 2 is 1.53 bits per heavy atom. The van der Waals surface area contributed by atoms with E-state index in [1.807, 2.05) is 72.8 Å². The zero-order chi connectivity index (χ0) is 34.6. The van der Waals surface area contributed by atoms with Gasteiger partial charge in [0.15, 0.2) is 0 Å². The Morgan fingerprint density at radius 3 is 2.13 bits per heavy atom. The number of nitrogens with zero attached hydrogens (tertiary/aromatic N) is 2. The Labute approximate surface area is 276 Å². The number of aliphatic hydroxyl groups excluding tert-OH is 1. The summed E-state index contributed by atoms with van der Waals surface area (Å²) in [4.78, 5) is 38.3. The van der Waals surface area contributed by atoms with Crippen molar-refractivity contribution in [2.24, 2.45) is 5.92 Å².